The summed E-state index contributed by atoms with van der Waals surface area (Å²) in [6.07, 6.45) is -4.33. The van der Waals surface area contributed by atoms with Gasteiger partial charge in [0.2, 0.25) is 5.91 Å². The summed E-state index contributed by atoms with van der Waals surface area (Å²) in [7, 11) is 1.55. The van der Waals surface area contributed by atoms with Crippen LogP contribution in [0.1, 0.15) is 13.8 Å². The van der Waals surface area contributed by atoms with Crippen molar-refractivity contribution in [2.75, 3.05) is 11.9 Å². The number of hydrogen-bond acceptors (Lipinski definition) is 4. The number of ether oxygens (including phenoxy) is 1. The highest BCUT2D eigenvalue weighted by molar-refractivity contribution is 5.85. The van der Waals surface area contributed by atoms with E-state index in [-0.39, 0.29) is 18.0 Å². The lowest BCUT2D eigenvalue weighted by Crippen LogP contribution is -2.64. The number of pyridine rings is 1. The Bertz CT molecular complexity index is 988. The van der Waals surface area contributed by atoms with Crippen molar-refractivity contribution < 1.29 is 27.1 Å². The van der Waals surface area contributed by atoms with Crippen molar-refractivity contribution in [3.8, 4) is 11.1 Å². The summed E-state index contributed by atoms with van der Waals surface area (Å²) in [6.45, 7) is 2.92. The molecule has 1 N–H and O–H groups in total. The minimum absolute atomic E-state index is 0.153. The zero-order chi connectivity index (χ0) is 22.2. The Hall–Kier alpha value is -2.88. The van der Waals surface area contributed by atoms with Gasteiger partial charge in [0.25, 0.3) is 5.56 Å². The number of carbonyl (C=O) groups excluding carboxylic acids is 1. The lowest BCUT2D eigenvalue weighted by atomic mass is 9.99. The average Bonchev–Trinajstić information content (AvgIpc) is 2.66. The van der Waals surface area contributed by atoms with Crippen molar-refractivity contribution in [1.82, 2.24) is 9.47 Å². The number of rotatable bonds is 5. The largest absolute Gasteiger partial charge is 0.522 e. The molecular formula is C20H21F4N3O3. The van der Waals surface area contributed by atoms with Gasteiger partial charge in [0, 0.05) is 25.4 Å². The van der Waals surface area contributed by atoms with Gasteiger partial charge in [0.15, 0.2) is 0 Å². The number of nitrogens with zero attached hydrogens (tertiary/aromatic N) is 2. The Morgan fingerprint density at radius 2 is 1.90 bits per heavy atom. The molecule has 6 nitrogen and oxygen atoms in total. The Morgan fingerprint density at radius 3 is 2.47 bits per heavy atom. The van der Waals surface area contributed by atoms with E-state index in [1.165, 1.54) is 46.9 Å². The molecule has 3 atom stereocenters. The molecule has 3 rings (SSSR count). The summed E-state index contributed by atoms with van der Waals surface area (Å²) in [6, 6.07) is 5.53. The van der Waals surface area contributed by atoms with E-state index >= 15 is 0 Å². The summed E-state index contributed by atoms with van der Waals surface area (Å²) in [5, 5.41) is 2.98. The van der Waals surface area contributed by atoms with Gasteiger partial charge in [-0.25, -0.2) is 4.39 Å². The van der Waals surface area contributed by atoms with Crippen LogP contribution in [0.4, 0.5) is 23.2 Å². The third-order valence-electron chi connectivity index (χ3n) is 5.07. The van der Waals surface area contributed by atoms with Crippen molar-refractivity contribution in [3.63, 3.8) is 0 Å². The minimum atomic E-state index is -4.75. The monoisotopic (exact) mass is 427 g/mol. The second kappa shape index (κ2) is 8.10. The molecule has 1 aliphatic heterocycles. The summed E-state index contributed by atoms with van der Waals surface area (Å²) >= 11 is 0. The van der Waals surface area contributed by atoms with Gasteiger partial charge in [-0.15, -0.1) is 13.2 Å². The van der Waals surface area contributed by atoms with E-state index in [4.69, 9.17) is 0 Å². The minimum Gasteiger partial charge on any atom is -0.373 e. The standard InChI is InChI=1S/C20H21F4N3O3/c1-11(18(28)27-10-17(12(27)2)30-20(22,23)24)25-15-8-16(19(29)26(3)9-15)13-4-6-14(21)7-5-13/h4-9,11-12,17,25H,10H2,1-3H3/t11-,12+,17+/m1/s1. The number of hydrogen-bond donors (Lipinski definition) is 1. The zero-order valence-electron chi connectivity index (χ0n) is 16.5. The van der Waals surface area contributed by atoms with Gasteiger partial charge in [-0.05, 0) is 37.6 Å². The molecule has 0 unspecified atom stereocenters. The van der Waals surface area contributed by atoms with Gasteiger partial charge in [0.1, 0.15) is 18.0 Å². The number of halogens is 4. The number of anilines is 1. The van der Waals surface area contributed by atoms with Crippen LogP contribution in [0, 0.1) is 5.82 Å². The molecule has 0 bridgehead atoms. The molecule has 1 amide bonds. The van der Waals surface area contributed by atoms with Crippen LogP contribution in [0.2, 0.25) is 0 Å². The predicted molar refractivity (Wildman–Crippen MR) is 102 cm³/mol. The van der Waals surface area contributed by atoms with E-state index < -0.39 is 30.4 Å². The van der Waals surface area contributed by atoms with Crippen molar-refractivity contribution in [1.29, 1.82) is 0 Å². The summed E-state index contributed by atoms with van der Waals surface area (Å²) in [5.74, 6) is -0.817. The van der Waals surface area contributed by atoms with Crippen LogP contribution in [0.5, 0.6) is 0 Å². The zero-order valence-corrected chi connectivity index (χ0v) is 16.5. The van der Waals surface area contributed by atoms with Crippen LogP contribution >= 0.6 is 0 Å². The normalized spacial score (nSPS) is 19.9. The number of aromatic nitrogens is 1. The molecule has 2 aromatic rings. The molecule has 0 spiro atoms. The van der Waals surface area contributed by atoms with Crippen LogP contribution in [0.3, 0.4) is 0 Å². The second-order valence-electron chi connectivity index (χ2n) is 7.26. The van der Waals surface area contributed by atoms with Crippen LogP contribution in [-0.2, 0) is 16.6 Å². The van der Waals surface area contributed by atoms with Gasteiger partial charge in [-0.3, -0.25) is 14.3 Å². The first-order chi connectivity index (χ1) is 14.0. The number of nitrogens with one attached hydrogen (secondary N) is 1. The topological polar surface area (TPSA) is 63.6 Å². The maximum Gasteiger partial charge on any atom is 0.522 e. The van der Waals surface area contributed by atoms with Crippen molar-refractivity contribution in [3.05, 3.63) is 52.7 Å². The van der Waals surface area contributed by atoms with Crippen LogP contribution in [0.25, 0.3) is 11.1 Å². The fourth-order valence-corrected chi connectivity index (χ4v) is 3.36. The first kappa shape index (κ1) is 21.8. The molecule has 2 heterocycles. The Labute approximate surface area is 170 Å². The molecular weight excluding hydrogens is 406 g/mol. The number of alkyl halides is 3. The smallest absolute Gasteiger partial charge is 0.373 e. The lowest BCUT2D eigenvalue weighted by Gasteiger charge is -2.46. The fourth-order valence-electron chi connectivity index (χ4n) is 3.36. The molecule has 1 fully saturated rings. The van der Waals surface area contributed by atoms with Crippen LogP contribution < -0.4 is 10.9 Å². The first-order valence-electron chi connectivity index (χ1n) is 9.24. The Balaban J connectivity index is 1.72. The van der Waals surface area contributed by atoms with E-state index in [1.807, 2.05) is 0 Å². The number of amides is 1. The third kappa shape index (κ3) is 4.64. The van der Waals surface area contributed by atoms with Gasteiger partial charge in [-0.1, -0.05) is 12.1 Å². The maximum atomic E-state index is 13.2. The summed E-state index contributed by atoms with van der Waals surface area (Å²) < 4.78 is 55.6. The number of aryl methyl sites for hydroxylation is 1. The molecule has 1 saturated heterocycles. The van der Waals surface area contributed by atoms with Gasteiger partial charge >= 0.3 is 6.36 Å². The fraction of sp³-hybridized carbons (Fsp3) is 0.400. The van der Waals surface area contributed by atoms with Crippen LogP contribution in [-0.4, -0.2) is 46.5 Å². The molecule has 0 saturated carbocycles. The van der Waals surface area contributed by atoms with Gasteiger partial charge in [-0.2, -0.15) is 0 Å². The second-order valence-corrected chi connectivity index (χ2v) is 7.26. The molecule has 1 aromatic heterocycles. The van der Waals surface area contributed by atoms with E-state index in [0.29, 0.717) is 16.8 Å². The van der Waals surface area contributed by atoms with E-state index in [9.17, 15) is 27.2 Å². The van der Waals surface area contributed by atoms with E-state index in [1.54, 1.807) is 20.0 Å². The van der Waals surface area contributed by atoms with Crippen molar-refractivity contribution >= 4 is 11.6 Å². The summed E-state index contributed by atoms with van der Waals surface area (Å²) in [5.41, 5.74) is 1.00. The van der Waals surface area contributed by atoms with Gasteiger partial charge < -0.3 is 14.8 Å². The predicted octanol–water partition coefficient (Wildman–Crippen LogP) is 3.13. The molecule has 10 heteroatoms. The van der Waals surface area contributed by atoms with E-state index in [2.05, 4.69) is 10.1 Å². The quantitative estimate of drug-likeness (QED) is 0.745. The summed E-state index contributed by atoms with van der Waals surface area (Å²) in [4.78, 5) is 26.4. The molecule has 0 radical (unpaired) electrons. The molecule has 0 aliphatic carbocycles. The highest BCUT2D eigenvalue weighted by atomic mass is 19.4. The average molecular weight is 427 g/mol. The van der Waals surface area contributed by atoms with Crippen molar-refractivity contribution in [2.45, 2.75) is 38.4 Å². The van der Waals surface area contributed by atoms with Crippen molar-refractivity contribution in [2.24, 2.45) is 7.05 Å². The van der Waals surface area contributed by atoms with E-state index in [0.717, 1.165) is 0 Å². The Kier molecular flexibility index (Phi) is 5.89. The third-order valence-corrected chi connectivity index (χ3v) is 5.07. The Morgan fingerprint density at radius 1 is 1.27 bits per heavy atom. The maximum absolute atomic E-state index is 13.2. The molecule has 1 aromatic carbocycles. The molecule has 30 heavy (non-hydrogen) atoms. The lowest BCUT2D eigenvalue weighted by molar-refractivity contribution is -0.359. The van der Waals surface area contributed by atoms with Crippen LogP contribution in [0.15, 0.2) is 41.3 Å². The number of likely N-dealkylation sites (tertiary alicyclic amines) is 1. The molecule has 162 valence electrons. The SMILES string of the molecule is C[C@@H](Nc1cc(-c2ccc(F)cc2)c(=O)n(C)c1)C(=O)N1C[C@H](OC(F)(F)F)[C@@H]1C. The first-order valence-corrected chi connectivity index (χ1v) is 9.24. The number of carbonyl (C=O) groups is 1. The number of benzene rings is 1. The highest BCUT2D eigenvalue weighted by Gasteiger charge is 2.46. The highest BCUT2D eigenvalue weighted by Crippen LogP contribution is 2.29. The molecule has 1 aliphatic rings. The van der Waals surface area contributed by atoms with Gasteiger partial charge in [0.05, 0.1) is 11.7 Å².